The van der Waals surface area contributed by atoms with Crippen LogP contribution >= 0.6 is 0 Å². The third-order valence-corrected chi connectivity index (χ3v) is 5.16. The Balaban J connectivity index is 2.14. The quantitative estimate of drug-likeness (QED) is 0.609. The standard InChI is InChI=1S/C15H21N3O5S/c1-15(2,3)23-14(19)17-9-5-6-11(10-17)24(22)13-12(18(20)21)7-4-8-16-13/h4,7-8,11H,5-6,9-10H2,1-3H3/t11-,24+/m1/s1. The van der Waals surface area contributed by atoms with Gasteiger partial charge in [-0.25, -0.2) is 9.78 Å². The Bertz CT molecular complexity index is 659. The Kier molecular flexibility index (Phi) is 5.53. The second kappa shape index (κ2) is 7.25. The summed E-state index contributed by atoms with van der Waals surface area (Å²) in [6, 6.07) is 2.72. The number of pyridine rings is 1. The van der Waals surface area contributed by atoms with E-state index in [0.29, 0.717) is 19.4 Å². The zero-order valence-electron chi connectivity index (χ0n) is 13.9. The van der Waals surface area contributed by atoms with Gasteiger partial charge in [0.25, 0.3) is 0 Å². The Morgan fingerprint density at radius 3 is 2.83 bits per heavy atom. The first kappa shape index (κ1) is 18.3. The molecule has 0 N–H and O–H groups in total. The lowest BCUT2D eigenvalue weighted by molar-refractivity contribution is -0.388. The van der Waals surface area contributed by atoms with Gasteiger partial charge in [-0.05, 0) is 39.7 Å². The number of likely N-dealkylation sites (tertiary alicyclic amines) is 1. The van der Waals surface area contributed by atoms with Crippen molar-refractivity contribution < 1.29 is 18.7 Å². The maximum Gasteiger partial charge on any atom is 0.410 e. The second-order valence-corrected chi connectivity index (χ2v) is 8.22. The smallest absolute Gasteiger partial charge is 0.410 e. The zero-order valence-corrected chi connectivity index (χ0v) is 14.7. The minimum Gasteiger partial charge on any atom is -0.444 e. The minimum atomic E-state index is -1.66. The molecule has 2 rings (SSSR count). The number of carbonyl (C=O) groups excluding carboxylic acids is 1. The van der Waals surface area contributed by atoms with E-state index in [1.807, 2.05) is 0 Å². The lowest BCUT2D eigenvalue weighted by Gasteiger charge is -2.33. The van der Waals surface area contributed by atoms with Gasteiger partial charge in [0, 0.05) is 25.4 Å². The molecule has 2 heterocycles. The van der Waals surface area contributed by atoms with Gasteiger partial charge in [0.1, 0.15) is 5.60 Å². The molecule has 132 valence electrons. The van der Waals surface area contributed by atoms with Gasteiger partial charge in [0.05, 0.1) is 21.0 Å². The van der Waals surface area contributed by atoms with Gasteiger partial charge in [0.2, 0.25) is 5.03 Å². The van der Waals surface area contributed by atoms with Gasteiger partial charge in [0.15, 0.2) is 0 Å². The van der Waals surface area contributed by atoms with E-state index in [1.165, 1.54) is 23.2 Å². The van der Waals surface area contributed by atoms with Crippen LogP contribution in [0.4, 0.5) is 10.5 Å². The van der Waals surface area contributed by atoms with Crippen LogP contribution in [0.3, 0.4) is 0 Å². The van der Waals surface area contributed by atoms with Crippen molar-refractivity contribution in [2.75, 3.05) is 13.1 Å². The number of nitro groups is 1. The van der Waals surface area contributed by atoms with Crippen molar-refractivity contribution in [3.05, 3.63) is 28.4 Å². The molecule has 1 fully saturated rings. The molecular formula is C15H21N3O5S. The van der Waals surface area contributed by atoms with E-state index >= 15 is 0 Å². The molecule has 1 aliphatic heterocycles. The predicted molar refractivity (Wildman–Crippen MR) is 88.1 cm³/mol. The highest BCUT2D eigenvalue weighted by Crippen LogP contribution is 2.26. The molecule has 8 nitrogen and oxygen atoms in total. The highest BCUT2D eigenvalue weighted by atomic mass is 32.2. The maximum absolute atomic E-state index is 12.7. The zero-order chi connectivity index (χ0) is 17.9. The van der Waals surface area contributed by atoms with Crippen molar-refractivity contribution in [1.82, 2.24) is 9.88 Å². The van der Waals surface area contributed by atoms with Crippen LogP contribution in [-0.4, -0.2) is 49.0 Å². The molecule has 2 atom stereocenters. The molecule has 1 aromatic heterocycles. The lowest BCUT2D eigenvalue weighted by Crippen LogP contribution is -2.46. The fraction of sp³-hybridized carbons (Fsp3) is 0.600. The molecule has 0 saturated carbocycles. The molecule has 0 unspecified atom stereocenters. The highest BCUT2D eigenvalue weighted by Gasteiger charge is 2.33. The van der Waals surface area contributed by atoms with Crippen molar-refractivity contribution in [1.29, 1.82) is 0 Å². The number of piperidine rings is 1. The Morgan fingerprint density at radius 1 is 1.50 bits per heavy atom. The molecule has 24 heavy (non-hydrogen) atoms. The van der Waals surface area contributed by atoms with Crippen LogP contribution in [0.25, 0.3) is 0 Å². The average molecular weight is 355 g/mol. The van der Waals surface area contributed by atoms with E-state index in [9.17, 15) is 19.1 Å². The number of hydrogen-bond acceptors (Lipinski definition) is 6. The van der Waals surface area contributed by atoms with Gasteiger partial charge in [-0.15, -0.1) is 0 Å². The summed E-state index contributed by atoms with van der Waals surface area (Å²) in [5.41, 5.74) is -0.867. The number of hydrogen-bond donors (Lipinski definition) is 0. The summed E-state index contributed by atoms with van der Waals surface area (Å²) >= 11 is 0. The van der Waals surface area contributed by atoms with Gasteiger partial charge in [-0.2, -0.15) is 0 Å². The number of ether oxygens (including phenoxy) is 1. The number of nitrogens with zero attached hydrogens (tertiary/aromatic N) is 3. The third-order valence-electron chi connectivity index (χ3n) is 3.47. The van der Waals surface area contributed by atoms with E-state index in [0.717, 1.165) is 0 Å². The predicted octanol–water partition coefficient (Wildman–Crippen LogP) is 2.50. The van der Waals surface area contributed by atoms with E-state index in [4.69, 9.17) is 4.74 Å². The SMILES string of the molecule is CC(C)(C)OC(=O)N1CCC[C@@H]([S@](=O)c2ncccc2[N+](=O)[O-])C1. The van der Waals surface area contributed by atoms with E-state index < -0.39 is 32.7 Å². The largest absolute Gasteiger partial charge is 0.444 e. The van der Waals surface area contributed by atoms with E-state index in [1.54, 1.807) is 20.8 Å². The van der Waals surface area contributed by atoms with Crippen LogP contribution in [0, 0.1) is 10.1 Å². The normalized spacial score (nSPS) is 19.6. The Hall–Kier alpha value is -2.03. The average Bonchev–Trinajstić information content (AvgIpc) is 2.52. The van der Waals surface area contributed by atoms with Crippen LogP contribution in [0.15, 0.2) is 23.4 Å². The Morgan fingerprint density at radius 2 is 2.21 bits per heavy atom. The third kappa shape index (κ3) is 4.50. The molecule has 0 spiro atoms. The first-order valence-corrected chi connectivity index (χ1v) is 8.88. The summed E-state index contributed by atoms with van der Waals surface area (Å²) in [5, 5.41) is 10.6. The van der Waals surface area contributed by atoms with Crippen LogP contribution in [-0.2, 0) is 15.5 Å². The number of aromatic nitrogens is 1. The first-order chi connectivity index (χ1) is 11.2. The monoisotopic (exact) mass is 355 g/mol. The summed E-state index contributed by atoms with van der Waals surface area (Å²) in [5.74, 6) is 0. The molecule has 0 aliphatic carbocycles. The molecule has 0 bridgehead atoms. The maximum atomic E-state index is 12.7. The van der Waals surface area contributed by atoms with Crippen molar-refractivity contribution in [3.63, 3.8) is 0 Å². The van der Waals surface area contributed by atoms with E-state index in [2.05, 4.69) is 4.98 Å². The van der Waals surface area contributed by atoms with Crippen LogP contribution in [0.1, 0.15) is 33.6 Å². The summed E-state index contributed by atoms with van der Waals surface area (Å²) in [7, 11) is -1.66. The molecule has 1 aromatic rings. The Labute approximate surface area is 142 Å². The van der Waals surface area contributed by atoms with Crippen LogP contribution in [0.2, 0.25) is 0 Å². The molecule has 1 aliphatic rings. The second-order valence-electron chi connectivity index (χ2n) is 6.57. The number of carbonyl (C=O) groups is 1. The van der Waals surface area contributed by atoms with E-state index in [-0.39, 0.29) is 17.3 Å². The molecule has 1 saturated heterocycles. The molecule has 0 radical (unpaired) electrons. The van der Waals surface area contributed by atoms with Gasteiger partial charge in [-0.3, -0.25) is 14.3 Å². The summed E-state index contributed by atoms with van der Waals surface area (Å²) < 4.78 is 18.1. The van der Waals surface area contributed by atoms with Crippen molar-refractivity contribution in [3.8, 4) is 0 Å². The molecule has 0 aromatic carbocycles. The highest BCUT2D eigenvalue weighted by molar-refractivity contribution is 7.85. The molecule has 9 heteroatoms. The summed E-state index contributed by atoms with van der Waals surface area (Å²) in [4.78, 5) is 28.1. The minimum absolute atomic E-state index is 0.0430. The first-order valence-electron chi connectivity index (χ1n) is 7.67. The summed E-state index contributed by atoms with van der Waals surface area (Å²) in [6.45, 7) is 6.09. The molecular weight excluding hydrogens is 334 g/mol. The van der Waals surface area contributed by atoms with Crippen molar-refractivity contribution in [2.24, 2.45) is 0 Å². The van der Waals surface area contributed by atoms with Gasteiger partial charge in [-0.1, -0.05) is 0 Å². The lowest BCUT2D eigenvalue weighted by atomic mass is 10.1. The van der Waals surface area contributed by atoms with Crippen molar-refractivity contribution >= 4 is 22.6 Å². The van der Waals surface area contributed by atoms with Gasteiger partial charge >= 0.3 is 11.8 Å². The fourth-order valence-corrected chi connectivity index (χ4v) is 3.96. The van der Waals surface area contributed by atoms with Crippen molar-refractivity contribution in [2.45, 2.75) is 49.5 Å². The topological polar surface area (TPSA) is 103 Å². The molecule has 1 amide bonds. The fourth-order valence-electron chi connectivity index (χ4n) is 2.44. The van der Waals surface area contributed by atoms with Crippen LogP contribution in [0.5, 0.6) is 0 Å². The summed E-state index contributed by atoms with van der Waals surface area (Å²) in [6.07, 6.45) is 2.20. The number of amides is 1. The van der Waals surface area contributed by atoms with Gasteiger partial charge < -0.3 is 9.64 Å². The number of rotatable bonds is 3. The van der Waals surface area contributed by atoms with Crippen LogP contribution < -0.4 is 0 Å².